The van der Waals surface area contributed by atoms with Gasteiger partial charge in [-0.3, -0.25) is 4.79 Å². The average Bonchev–Trinajstić information content (AvgIpc) is 2.00. The molecular formula is C11H23NO2. The summed E-state index contributed by atoms with van der Waals surface area (Å²) >= 11 is 0. The quantitative estimate of drug-likeness (QED) is 0.667. The third-order valence-electron chi connectivity index (χ3n) is 1.61. The van der Waals surface area contributed by atoms with E-state index in [-0.39, 0.29) is 11.3 Å². The fourth-order valence-corrected chi connectivity index (χ4v) is 1.05. The van der Waals surface area contributed by atoms with E-state index >= 15 is 0 Å². The first-order valence-electron chi connectivity index (χ1n) is 5.30. The van der Waals surface area contributed by atoms with E-state index < -0.39 is 0 Å². The maximum Gasteiger partial charge on any atom is 0.220 e. The van der Waals surface area contributed by atoms with Gasteiger partial charge in [-0.25, -0.2) is 0 Å². The number of amides is 1. The molecule has 0 aromatic rings. The van der Waals surface area contributed by atoms with E-state index in [0.29, 0.717) is 19.6 Å². The van der Waals surface area contributed by atoms with Gasteiger partial charge in [0.1, 0.15) is 0 Å². The molecule has 0 rings (SSSR count). The highest BCUT2D eigenvalue weighted by molar-refractivity contribution is 5.76. The molecule has 0 atom stereocenters. The molecular weight excluding hydrogens is 178 g/mol. The molecule has 0 radical (unpaired) electrons. The van der Waals surface area contributed by atoms with E-state index in [1.54, 1.807) is 0 Å². The molecule has 0 aromatic carbocycles. The summed E-state index contributed by atoms with van der Waals surface area (Å²) in [6.07, 6.45) is 1.59. The third kappa shape index (κ3) is 9.52. The van der Waals surface area contributed by atoms with Gasteiger partial charge in [0.2, 0.25) is 5.91 Å². The predicted octanol–water partition coefficient (Wildman–Crippen LogP) is 1.97. The molecule has 0 heterocycles. The van der Waals surface area contributed by atoms with E-state index in [9.17, 15) is 4.79 Å². The minimum atomic E-state index is 0.0638. The van der Waals surface area contributed by atoms with Gasteiger partial charge in [-0.15, -0.1) is 0 Å². The van der Waals surface area contributed by atoms with Crippen molar-refractivity contribution >= 4 is 5.91 Å². The van der Waals surface area contributed by atoms with Crippen LogP contribution in [0.2, 0.25) is 0 Å². The number of ether oxygens (including phenoxy) is 1. The van der Waals surface area contributed by atoms with Crippen molar-refractivity contribution in [2.24, 2.45) is 5.41 Å². The van der Waals surface area contributed by atoms with Crippen molar-refractivity contribution in [2.45, 2.75) is 40.5 Å². The molecule has 0 saturated carbocycles. The summed E-state index contributed by atoms with van der Waals surface area (Å²) in [6, 6.07) is 0. The monoisotopic (exact) mass is 201 g/mol. The molecule has 84 valence electrons. The molecule has 1 amide bonds. The first-order chi connectivity index (χ1) is 6.45. The average molecular weight is 201 g/mol. The molecule has 3 heteroatoms. The standard InChI is InChI=1S/C11H23NO2/c1-5-7-14-8-6-12-10(13)9-11(2,3)4/h5-9H2,1-4H3,(H,12,13). The molecule has 0 saturated heterocycles. The fourth-order valence-electron chi connectivity index (χ4n) is 1.05. The smallest absolute Gasteiger partial charge is 0.220 e. The number of carbonyl (C=O) groups excluding carboxylic acids is 1. The number of nitrogens with one attached hydrogen (secondary N) is 1. The van der Waals surface area contributed by atoms with Gasteiger partial charge in [-0.2, -0.15) is 0 Å². The highest BCUT2D eigenvalue weighted by Gasteiger charge is 2.14. The van der Waals surface area contributed by atoms with E-state index in [4.69, 9.17) is 4.74 Å². The Bertz CT molecular complexity index is 161. The van der Waals surface area contributed by atoms with E-state index in [0.717, 1.165) is 13.0 Å². The lowest BCUT2D eigenvalue weighted by Crippen LogP contribution is -2.30. The van der Waals surface area contributed by atoms with Crippen molar-refractivity contribution in [1.29, 1.82) is 0 Å². The lowest BCUT2D eigenvalue weighted by molar-refractivity contribution is -0.123. The zero-order chi connectivity index (χ0) is 11.0. The SMILES string of the molecule is CCCOCCNC(=O)CC(C)(C)C. The van der Waals surface area contributed by atoms with Crippen LogP contribution in [0.1, 0.15) is 40.5 Å². The second-order valence-electron chi connectivity index (χ2n) is 4.70. The number of carbonyl (C=O) groups is 1. The lowest BCUT2D eigenvalue weighted by atomic mass is 9.92. The zero-order valence-corrected chi connectivity index (χ0v) is 9.85. The molecule has 0 aliphatic heterocycles. The molecule has 3 nitrogen and oxygen atoms in total. The molecule has 0 unspecified atom stereocenters. The van der Waals surface area contributed by atoms with Crippen LogP contribution in [-0.2, 0) is 9.53 Å². The van der Waals surface area contributed by atoms with Crippen molar-refractivity contribution in [2.75, 3.05) is 19.8 Å². The van der Waals surface area contributed by atoms with Crippen molar-refractivity contribution in [3.8, 4) is 0 Å². The summed E-state index contributed by atoms with van der Waals surface area (Å²) < 4.78 is 5.25. The van der Waals surface area contributed by atoms with Crippen LogP contribution in [0.4, 0.5) is 0 Å². The van der Waals surface area contributed by atoms with Crippen molar-refractivity contribution in [1.82, 2.24) is 5.32 Å². The molecule has 14 heavy (non-hydrogen) atoms. The van der Waals surface area contributed by atoms with E-state index in [1.807, 2.05) is 0 Å². The molecule has 0 aliphatic rings. The van der Waals surface area contributed by atoms with Gasteiger partial charge in [0.25, 0.3) is 0 Å². The van der Waals surface area contributed by atoms with E-state index in [1.165, 1.54) is 0 Å². The van der Waals surface area contributed by atoms with Gasteiger partial charge in [-0.1, -0.05) is 27.7 Å². The van der Waals surface area contributed by atoms with Crippen molar-refractivity contribution < 1.29 is 9.53 Å². The highest BCUT2D eigenvalue weighted by Crippen LogP contribution is 2.17. The van der Waals surface area contributed by atoms with Gasteiger partial charge in [0.15, 0.2) is 0 Å². The van der Waals surface area contributed by atoms with E-state index in [2.05, 4.69) is 33.0 Å². The topological polar surface area (TPSA) is 38.3 Å². The first-order valence-corrected chi connectivity index (χ1v) is 5.30. The Morgan fingerprint density at radius 3 is 2.43 bits per heavy atom. The number of rotatable bonds is 6. The summed E-state index contributed by atoms with van der Waals surface area (Å²) in [4.78, 5) is 11.3. The molecule has 0 bridgehead atoms. The Morgan fingerprint density at radius 2 is 1.93 bits per heavy atom. The molecule has 1 N–H and O–H groups in total. The summed E-state index contributed by atoms with van der Waals surface area (Å²) in [6.45, 7) is 10.2. The van der Waals surface area contributed by atoms with Crippen molar-refractivity contribution in [3.63, 3.8) is 0 Å². The highest BCUT2D eigenvalue weighted by atomic mass is 16.5. The minimum Gasteiger partial charge on any atom is -0.380 e. The number of hydrogen-bond donors (Lipinski definition) is 1. The molecule has 0 fully saturated rings. The summed E-state index contributed by atoms with van der Waals surface area (Å²) in [5, 5.41) is 2.83. The zero-order valence-electron chi connectivity index (χ0n) is 9.85. The Balaban J connectivity index is 3.36. The van der Waals surface area contributed by atoms with Crippen LogP contribution in [0.5, 0.6) is 0 Å². The summed E-state index contributed by atoms with van der Waals surface area (Å²) in [5.74, 6) is 0.109. The van der Waals surface area contributed by atoms with Crippen molar-refractivity contribution in [3.05, 3.63) is 0 Å². The van der Waals surface area contributed by atoms with Gasteiger partial charge in [0, 0.05) is 19.6 Å². The first kappa shape index (κ1) is 13.4. The fraction of sp³-hybridized carbons (Fsp3) is 0.909. The number of hydrogen-bond acceptors (Lipinski definition) is 2. The Kier molecular flexibility index (Phi) is 6.54. The van der Waals surface area contributed by atoms with Crippen LogP contribution >= 0.6 is 0 Å². The van der Waals surface area contributed by atoms with Gasteiger partial charge >= 0.3 is 0 Å². The third-order valence-corrected chi connectivity index (χ3v) is 1.61. The van der Waals surface area contributed by atoms with Crippen LogP contribution in [0, 0.1) is 5.41 Å². The van der Waals surface area contributed by atoms with Gasteiger partial charge < -0.3 is 10.1 Å². The maximum absolute atomic E-state index is 11.3. The second-order valence-corrected chi connectivity index (χ2v) is 4.70. The van der Waals surface area contributed by atoms with Crippen LogP contribution in [0.25, 0.3) is 0 Å². The van der Waals surface area contributed by atoms with Gasteiger partial charge in [-0.05, 0) is 11.8 Å². The Labute approximate surface area is 87.2 Å². The normalized spacial score (nSPS) is 11.4. The van der Waals surface area contributed by atoms with Crippen LogP contribution in [0.15, 0.2) is 0 Å². The molecule has 0 spiro atoms. The second kappa shape index (κ2) is 6.82. The van der Waals surface area contributed by atoms with Crippen LogP contribution < -0.4 is 5.32 Å². The van der Waals surface area contributed by atoms with Crippen LogP contribution in [0.3, 0.4) is 0 Å². The Morgan fingerprint density at radius 1 is 1.29 bits per heavy atom. The summed E-state index contributed by atoms with van der Waals surface area (Å²) in [7, 11) is 0. The minimum absolute atomic E-state index is 0.0638. The largest absolute Gasteiger partial charge is 0.380 e. The summed E-state index contributed by atoms with van der Waals surface area (Å²) in [5.41, 5.74) is 0.0638. The van der Waals surface area contributed by atoms with Gasteiger partial charge in [0.05, 0.1) is 6.61 Å². The van der Waals surface area contributed by atoms with Crippen LogP contribution in [-0.4, -0.2) is 25.7 Å². The molecule has 0 aliphatic carbocycles. The maximum atomic E-state index is 11.3. The molecule has 0 aromatic heterocycles. The predicted molar refractivity (Wildman–Crippen MR) is 58.2 cm³/mol. The Hall–Kier alpha value is -0.570. The lowest BCUT2D eigenvalue weighted by Gasteiger charge is -2.17.